The Morgan fingerprint density at radius 2 is 0.609 bits per heavy atom. The van der Waals surface area contributed by atoms with E-state index in [-0.39, 0.29) is 0 Å². The van der Waals surface area contributed by atoms with Crippen LogP contribution in [-0.2, 0) is 4.74 Å². The lowest BCUT2D eigenvalue weighted by atomic mass is 10.1. The Kier molecular flexibility index (Phi) is 23.3. The zero-order valence-electron chi connectivity index (χ0n) is 15.4. The van der Waals surface area contributed by atoms with Gasteiger partial charge in [0, 0.05) is 13.2 Å². The highest BCUT2D eigenvalue weighted by Crippen LogP contribution is 2.10. The highest BCUT2D eigenvalue weighted by atomic mass is 32.1. The molecule has 0 N–H and O–H groups in total. The molecule has 0 amide bonds. The smallest absolute Gasteiger partial charge is 0.0466 e. The Bertz CT molecular complexity index is 180. The summed E-state index contributed by atoms with van der Waals surface area (Å²) < 4.78 is 5.74. The first-order chi connectivity index (χ1) is 11.4. The van der Waals surface area contributed by atoms with Gasteiger partial charge in [0.25, 0.3) is 0 Å². The molecular formula is C20H42OS2. The highest BCUT2D eigenvalue weighted by molar-refractivity contribution is 7.80. The van der Waals surface area contributed by atoms with Crippen molar-refractivity contribution in [2.75, 3.05) is 24.7 Å². The van der Waals surface area contributed by atoms with Gasteiger partial charge in [-0.15, -0.1) is 0 Å². The number of hydrogen-bond donors (Lipinski definition) is 2. The zero-order chi connectivity index (χ0) is 16.8. The number of ether oxygens (including phenoxy) is 1. The molecule has 0 saturated carbocycles. The maximum absolute atomic E-state index is 5.74. The molecule has 0 rings (SSSR count). The molecule has 0 atom stereocenters. The van der Waals surface area contributed by atoms with Crippen molar-refractivity contribution in [1.82, 2.24) is 0 Å². The van der Waals surface area contributed by atoms with Gasteiger partial charge in [0.1, 0.15) is 0 Å². The van der Waals surface area contributed by atoms with Gasteiger partial charge in [-0.25, -0.2) is 0 Å². The lowest BCUT2D eigenvalue weighted by molar-refractivity contribution is 0.125. The average molecular weight is 363 g/mol. The third-order valence-corrected chi connectivity index (χ3v) is 5.03. The summed E-state index contributed by atoms with van der Waals surface area (Å²) >= 11 is 8.49. The molecule has 0 aliphatic rings. The van der Waals surface area contributed by atoms with E-state index in [0.29, 0.717) is 0 Å². The quantitative estimate of drug-likeness (QED) is 0.173. The van der Waals surface area contributed by atoms with Crippen molar-refractivity contribution >= 4 is 25.3 Å². The van der Waals surface area contributed by atoms with Gasteiger partial charge in [0.2, 0.25) is 0 Å². The van der Waals surface area contributed by atoms with Crippen molar-refractivity contribution < 1.29 is 4.74 Å². The topological polar surface area (TPSA) is 9.23 Å². The summed E-state index contributed by atoms with van der Waals surface area (Å²) in [6, 6.07) is 0. The summed E-state index contributed by atoms with van der Waals surface area (Å²) in [5.41, 5.74) is 0. The number of thiol groups is 2. The second-order valence-corrected chi connectivity index (χ2v) is 7.61. The van der Waals surface area contributed by atoms with Gasteiger partial charge in [-0.05, 0) is 37.2 Å². The third kappa shape index (κ3) is 22.7. The number of rotatable bonds is 20. The van der Waals surface area contributed by atoms with Crippen LogP contribution < -0.4 is 0 Å². The average Bonchev–Trinajstić information content (AvgIpc) is 2.57. The summed E-state index contributed by atoms with van der Waals surface area (Å²) in [6.07, 6.45) is 21.7. The van der Waals surface area contributed by atoms with E-state index in [2.05, 4.69) is 25.3 Å². The number of unbranched alkanes of at least 4 members (excludes halogenated alkanes) is 14. The van der Waals surface area contributed by atoms with Gasteiger partial charge in [0.15, 0.2) is 0 Å². The van der Waals surface area contributed by atoms with Gasteiger partial charge < -0.3 is 4.74 Å². The molecular weight excluding hydrogens is 320 g/mol. The highest BCUT2D eigenvalue weighted by Gasteiger charge is 1.94. The van der Waals surface area contributed by atoms with Crippen LogP contribution >= 0.6 is 25.3 Å². The molecule has 0 aromatic carbocycles. The zero-order valence-corrected chi connectivity index (χ0v) is 17.2. The van der Waals surface area contributed by atoms with Crippen molar-refractivity contribution in [3.05, 3.63) is 0 Å². The van der Waals surface area contributed by atoms with Crippen LogP contribution in [0.2, 0.25) is 0 Å². The maximum Gasteiger partial charge on any atom is 0.0466 e. The van der Waals surface area contributed by atoms with Crippen LogP contribution in [0.1, 0.15) is 103 Å². The normalized spacial score (nSPS) is 11.2. The van der Waals surface area contributed by atoms with Gasteiger partial charge in [-0.1, -0.05) is 77.0 Å². The first kappa shape index (κ1) is 23.7. The summed E-state index contributed by atoms with van der Waals surface area (Å²) in [5, 5.41) is 0. The lowest BCUT2D eigenvalue weighted by Crippen LogP contribution is -1.97. The maximum atomic E-state index is 5.74. The van der Waals surface area contributed by atoms with E-state index in [4.69, 9.17) is 4.74 Å². The van der Waals surface area contributed by atoms with Crippen molar-refractivity contribution in [2.45, 2.75) is 103 Å². The molecule has 140 valence electrons. The van der Waals surface area contributed by atoms with E-state index in [9.17, 15) is 0 Å². The fourth-order valence-electron chi connectivity index (χ4n) is 2.86. The second-order valence-electron chi connectivity index (χ2n) is 6.72. The van der Waals surface area contributed by atoms with E-state index < -0.39 is 0 Å². The Morgan fingerprint density at radius 1 is 0.348 bits per heavy atom. The van der Waals surface area contributed by atoms with Crippen LogP contribution in [0.5, 0.6) is 0 Å². The van der Waals surface area contributed by atoms with Crippen LogP contribution in [-0.4, -0.2) is 24.7 Å². The van der Waals surface area contributed by atoms with Crippen LogP contribution in [0, 0.1) is 0 Å². The molecule has 0 aliphatic carbocycles. The SMILES string of the molecule is SCCCCCCCCCCOCCCCCCCCCCS. The van der Waals surface area contributed by atoms with Gasteiger partial charge in [0.05, 0.1) is 0 Å². The monoisotopic (exact) mass is 362 g/mol. The first-order valence-corrected chi connectivity index (χ1v) is 11.5. The molecule has 0 aromatic rings. The van der Waals surface area contributed by atoms with Crippen molar-refractivity contribution in [2.24, 2.45) is 0 Å². The van der Waals surface area contributed by atoms with Crippen LogP contribution in [0.4, 0.5) is 0 Å². The predicted octanol–water partition coefficient (Wildman–Crippen LogP) is 7.10. The summed E-state index contributed by atoms with van der Waals surface area (Å²) in [7, 11) is 0. The molecule has 0 heterocycles. The molecule has 0 unspecified atom stereocenters. The second kappa shape index (κ2) is 22.7. The summed E-state index contributed by atoms with van der Waals surface area (Å²) in [4.78, 5) is 0. The van der Waals surface area contributed by atoms with Crippen LogP contribution in [0.15, 0.2) is 0 Å². The predicted molar refractivity (Wildman–Crippen MR) is 112 cm³/mol. The Labute approximate surface area is 157 Å². The minimum absolute atomic E-state index is 0.976. The minimum atomic E-state index is 0.976. The van der Waals surface area contributed by atoms with E-state index in [1.807, 2.05) is 0 Å². The molecule has 0 fully saturated rings. The molecule has 0 aliphatic heterocycles. The standard InChI is InChI=1S/C20H42OS2/c22-19-15-11-7-3-1-5-9-13-17-21-18-14-10-6-2-4-8-12-16-20-23/h22-23H,1-20H2. The van der Waals surface area contributed by atoms with E-state index in [0.717, 1.165) is 24.7 Å². The van der Waals surface area contributed by atoms with Gasteiger partial charge >= 0.3 is 0 Å². The Hall–Kier alpha value is 0.660. The van der Waals surface area contributed by atoms with Crippen molar-refractivity contribution in [3.63, 3.8) is 0 Å². The van der Waals surface area contributed by atoms with Crippen LogP contribution in [0.25, 0.3) is 0 Å². The lowest BCUT2D eigenvalue weighted by Gasteiger charge is -2.05. The largest absolute Gasteiger partial charge is 0.381 e. The minimum Gasteiger partial charge on any atom is -0.381 e. The Morgan fingerprint density at radius 3 is 0.913 bits per heavy atom. The fraction of sp³-hybridized carbons (Fsp3) is 1.00. The molecule has 23 heavy (non-hydrogen) atoms. The summed E-state index contributed by atoms with van der Waals surface area (Å²) in [6.45, 7) is 1.95. The first-order valence-electron chi connectivity index (χ1n) is 10.2. The Balaban J connectivity index is 2.92. The van der Waals surface area contributed by atoms with Crippen molar-refractivity contribution in [3.8, 4) is 0 Å². The third-order valence-electron chi connectivity index (χ3n) is 4.39. The fourth-order valence-corrected chi connectivity index (χ4v) is 3.30. The molecule has 0 spiro atoms. The van der Waals surface area contributed by atoms with Crippen LogP contribution in [0.3, 0.4) is 0 Å². The van der Waals surface area contributed by atoms with E-state index >= 15 is 0 Å². The number of hydrogen-bond acceptors (Lipinski definition) is 3. The van der Waals surface area contributed by atoms with E-state index in [1.165, 1.54) is 103 Å². The van der Waals surface area contributed by atoms with Gasteiger partial charge in [-0.3, -0.25) is 0 Å². The van der Waals surface area contributed by atoms with Crippen molar-refractivity contribution in [1.29, 1.82) is 0 Å². The molecule has 3 heteroatoms. The van der Waals surface area contributed by atoms with Gasteiger partial charge in [-0.2, -0.15) is 25.3 Å². The molecule has 0 bridgehead atoms. The van der Waals surface area contributed by atoms with E-state index in [1.54, 1.807) is 0 Å². The molecule has 0 aromatic heterocycles. The molecule has 1 nitrogen and oxygen atoms in total. The molecule has 0 radical (unpaired) electrons. The summed E-state index contributed by atoms with van der Waals surface area (Å²) in [5.74, 6) is 2.10. The molecule has 0 saturated heterocycles.